The van der Waals surface area contributed by atoms with E-state index in [9.17, 15) is 0 Å². The summed E-state index contributed by atoms with van der Waals surface area (Å²) in [6.07, 6.45) is 10.4. The molecule has 0 atom stereocenters. The predicted octanol–water partition coefficient (Wildman–Crippen LogP) is 3.49. The van der Waals surface area contributed by atoms with Crippen LogP contribution >= 0.6 is 24.0 Å². The fourth-order valence-corrected chi connectivity index (χ4v) is 2.99. The lowest BCUT2D eigenvalue weighted by molar-refractivity contribution is 0.410. The SMILES string of the molecule is CN=C(NCc1cnn(-c2ccccc2)c1)NC1CCCCC1.I. The van der Waals surface area contributed by atoms with Crippen LogP contribution in [0.25, 0.3) is 5.69 Å². The van der Waals surface area contributed by atoms with Crippen LogP contribution in [0.5, 0.6) is 0 Å². The van der Waals surface area contributed by atoms with Gasteiger partial charge in [-0.25, -0.2) is 4.68 Å². The minimum Gasteiger partial charge on any atom is -0.354 e. The monoisotopic (exact) mass is 439 g/mol. The molecule has 0 aliphatic heterocycles. The molecule has 3 rings (SSSR count). The van der Waals surface area contributed by atoms with Crippen LogP contribution in [0, 0.1) is 0 Å². The zero-order valence-electron chi connectivity index (χ0n) is 14.1. The number of aliphatic imine (C=N–C) groups is 1. The van der Waals surface area contributed by atoms with Crippen LogP contribution in [0.4, 0.5) is 0 Å². The Morgan fingerprint density at radius 1 is 1.21 bits per heavy atom. The van der Waals surface area contributed by atoms with Gasteiger partial charge in [0.1, 0.15) is 0 Å². The molecule has 0 unspecified atom stereocenters. The molecule has 6 heteroatoms. The molecule has 130 valence electrons. The standard InChI is InChI=1S/C18H25N5.HI/c1-19-18(22-16-8-4-2-5-9-16)20-12-15-13-21-23(14-15)17-10-6-3-7-11-17;/h3,6-7,10-11,13-14,16H,2,4-5,8-9,12H2,1H3,(H2,19,20,22);1H. The second-order valence-electron chi connectivity index (χ2n) is 6.03. The van der Waals surface area contributed by atoms with Crippen LogP contribution in [0.15, 0.2) is 47.7 Å². The quantitative estimate of drug-likeness (QED) is 0.436. The second kappa shape index (κ2) is 9.66. The lowest BCUT2D eigenvalue weighted by Gasteiger charge is -2.24. The topological polar surface area (TPSA) is 54.2 Å². The average molecular weight is 439 g/mol. The highest BCUT2D eigenvalue weighted by atomic mass is 127. The van der Waals surface area contributed by atoms with E-state index in [4.69, 9.17) is 0 Å². The van der Waals surface area contributed by atoms with E-state index < -0.39 is 0 Å². The van der Waals surface area contributed by atoms with Crippen LogP contribution in [-0.4, -0.2) is 28.8 Å². The van der Waals surface area contributed by atoms with Crippen molar-refractivity contribution in [2.75, 3.05) is 7.05 Å². The summed E-state index contributed by atoms with van der Waals surface area (Å²) in [5, 5.41) is 11.3. The Balaban J connectivity index is 0.00000208. The van der Waals surface area contributed by atoms with Crippen LogP contribution < -0.4 is 10.6 Å². The molecule has 0 radical (unpaired) electrons. The first kappa shape index (κ1) is 18.8. The van der Waals surface area contributed by atoms with Gasteiger partial charge in [0.15, 0.2) is 5.96 Å². The molecule has 0 saturated heterocycles. The molecule has 2 N–H and O–H groups in total. The Labute approximate surface area is 161 Å². The number of nitrogens with one attached hydrogen (secondary N) is 2. The van der Waals surface area contributed by atoms with Gasteiger partial charge in [-0.2, -0.15) is 5.10 Å². The third-order valence-electron chi connectivity index (χ3n) is 4.29. The Morgan fingerprint density at radius 3 is 2.67 bits per heavy atom. The first-order valence-electron chi connectivity index (χ1n) is 8.41. The summed E-state index contributed by atoms with van der Waals surface area (Å²) < 4.78 is 1.90. The van der Waals surface area contributed by atoms with Gasteiger partial charge in [0, 0.05) is 31.4 Å². The maximum atomic E-state index is 4.42. The van der Waals surface area contributed by atoms with Gasteiger partial charge in [-0.1, -0.05) is 37.5 Å². The summed E-state index contributed by atoms with van der Waals surface area (Å²) in [7, 11) is 1.82. The molecule has 2 aromatic rings. The number of guanidine groups is 1. The van der Waals surface area contributed by atoms with Crippen molar-refractivity contribution in [1.29, 1.82) is 0 Å². The lowest BCUT2D eigenvalue weighted by Crippen LogP contribution is -2.43. The van der Waals surface area contributed by atoms with Gasteiger partial charge in [-0.15, -0.1) is 24.0 Å². The molecule has 1 fully saturated rings. The van der Waals surface area contributed by atoms with Gasteiger partial charge in [0.2, 0.25) is 0 Å². The number of aromatic nitrogens is 2. The molecule has 1 aliphatic rings. The number of hydrogen-bond donors (Lipinski definition) is 2. The summed E-state index contributed by atoms with van der Waals surface area (Å²) >= 11 is 0. The van der Waals surface area contributed by atoms with Gasteiger partial charge < -0.3 is 10.6 Å². The number of nitrogens with zero attached hydrogens (tertiary/aromatic N) is 3. The Kier molecular flexibility index (Phi) is 7.55. The molecule has 0 bridgehead atoms. The van der Waals surface area contributed by atoms with E-state index in [0.717, 1.165) is 23.8 Å². The van der Waals surface area contributed by atoms with E-state index in [-0.39, 0.29) is 24.0 Å². The first-order chi connectivity index (χ1) is 11.3. The number of halogens is 1. The highest BCUT2D eigenvalue weighted by Crippen LogP contribution is 2.17. The van der Waals surface area contributed by atoms with Crippen molar-refractivity contribution < 1.29 is 0 Å². The first-order valence-corrected chi connectivity index (χ1v) is 8.41. The Hall–Kier alpha value is -1.57. The lowest BCUT2D eigenvalue weighted by atomic mass is 9.96. The largest absolute Gasteiger partial charge is 0.354 e. The number of hydrogen-bond acceptors (Lipinski definition) is 2. The fraction of sp³-hybridized carbons (Fsp3) is 0.444. The highest BCUT2D eigenvalue weighted by Gasteiger charge is 2.14. The third kappa shape index (κ3) is 5.22. The molecule has 0 spiro atoms. The summed E-state index contributed by atoms with van der Waals surface area (Å²) in [4.78, 5) is 4.33. The van der Waals surface area contributed by atoms with Crippen molar-refractivity contribution in [3.63, 3.8) is 0 Å². The molecule has 1 saturated carbocycles. The molecular formula is C18H26IN5. The molecule has 0 amide bonds. The van der Waals surface area contributed by atoms with Crippen LogP contribution in [0.1, 0.15) is 37.7 Å². The van der Waals surface area contributed by atoms with E-state index in [1.54, 1.807) is 0 Å². The van der Waals surface area contributed by atoms with E-state index in [2.05, 4.69) is 26.9 Å². The van der Waals surface area contributed by atoms with Crippen LogP contribution in [-0.2, 0) is 6.54 Å². The third-order valence-corrected chi connectivity index (χ3v) is 4.29. The van der Waals surface area contributed by atoms with E-state index in [0.29, 0.717) is 6.04 Å². The van der Waals surface area contributed by atoms with Crippen molar-refractivity contribution in [2.24, 2.45) is 4.99 Å². The Bertz CT molecular complexity index is 632. The van der Waals surface area contributed by atoms with Crippen molar-refractivity contribution >= 4 is 29.9 Å². The summed E-state index contributed by atoms with van der Waals surface area (Å²) in [5.74, 6) is 0.879. The van der Waals surface area contributed by atoms with Crippen molar-refractivity contribution in [2.45, 2.75) is 44.7 Å². The molecule has 1 heterocycles. The maximum absolute atomic E-state index is 4.42. The van der Waals surface area contributed by atoms with Gasteiger partial charge in [-0.05, 0) is 25.0 Å². The summed E-state index contributed by atoms with van der Waals surface area (Å²) in [6.45, 7) is 0.721. The van der Waals surface area contributed by atoms with Crippen molar-refractivity contribution in [1.82, 2.24) is 20.4 Å². The zero-order chi connectivity index (χ0) is 15.9. The normalized spacial score (nSPS) is 15.6. The minimum absolute atomic E-state index is 0. The van der Waals surface area contributed by atoms with E-state index in [1.165, 1.54) is 32.1 Å². The van der Waals surface area contributed by atoms with Crippen LogP contribution in [0.2, 0.25) is 0 Å². The highest BCUT2D eigenvalue weighted by molar-refractivity contribution is 14.0. The second-order valence-corrected chi connectivity index (χ2v) is 6.03. The summed E-state index contributed by atoms with van der Waals surface area (Å²) in [6, 6.07) is 10.7. The molecule has 1 aromatic carbocycles. The number of para-hydroxylation sites is 1. The zero-order valence-corrected chi connectivity index (χ0v) is 16.4. The van der Waals surface area contributed by atoms with E-state index >= 15 is 0 Å². The van der Waals surface area contributed by atoms with E-state index in [1.807, 2.05) is 48.3 Å². The maximum Gasteiger partial charge on any atom is 0.191 e. The van der Waals surface area contributed by atoms with Gasteiger partial charge in [0.25, 0.3) is 0 Å². The molecule has 24 heavy (non-hydrogen) atoms. The predicted molar refractivity (Wildman–Crippen MR) is 109 cm³/mol. The van der Waals surface area contributed by atoms with Crippen molar-refractivity contribution in [3.05, 3.63) is 48.3 Å². The van der Waals surface area contributed by atoms with Gasteiger partial charge in [-0.3, -0.25) is 4.99 Å². The Morgan fingerprint density at radius 2 is 1.96 bits per heavy atom. The summed E-state index contributed by atoms with van der Waals surface area (Å²) in [5.41, 5.74) is 2.21. The van der Waals surface area contributed by atoms with Crippen molar-refractivity contribution in [3.8, 4) is 5.69 Å². The minimum atomic E-state index is 0. The molecule has 5 nitrogen and oxygen atoms in total. The van der Waals surface area contributed by atoms with Gasteiger partial charge >= 0.3 is 0 Å². The van der Waals surface area contributed by atoms with Crippen LogP contribution in [0.3, 0.4) is 0 Å². The number of benzene rings is 1. The average Bonchev–Trinajstić information content (AvgIpc) is 3.09. The smallest absolute Gasteiger partial charge is 0.191 e. The molecular weight excluding hydrogens is 413 g/mol. The number of rotatable bonds is 4. The molecule has 1 aromatic heterocycles. The fourth-order valence-electron chi connectivity index (χ4n) is 2.99. The van der Waals surface area contributed by atoms with Gasteiger partial charge in [0.05, 0.1) is 11.9 Å². The molecule has 1 aliphatic carbocycles.